The van der Waals surface area contributed by atoms with Crippen molar-refractivity contribution in [3.8, 4) is 0 Å². The molecule has 0 bridgehead atoms. The smallest absolute Gasteiger partial charge is 0.184 e. The van der Waals surface area contributed by atoms with E-state index in [0.717, 1.165) is 51.2 Å². The highest BCUT2D eigenvalue weighted by Gasteiger charge is 2.24. The molecule has 5 heteroatoms. The largest absolute Gasteiger partial charge is 0.477 e. The molecule has 3 aliphatic rings. The SMILES string of the molecule is CC1=NCCC(CC2=NCCC(CC3=NCCCC3)O2)S1. The molecule has 0 N–H and O–H groups in total. The van der Waals surface area contributed by atoms with Crippen molar-refractivity contribution in [1.82, 2.24) is 0 Å². The Labute approximate surface area is 131 Å². The Kier molecular flexibility index (Phi) is 5.33. The molecule has 3 heterocycles. The molecule has 116 valence electrons. The van der Waals surface area contributed by atoms with E-state index >= 15 is 0 Å². The van der Waals surface area contributed by atoms with Gasteiger partial charge in [-0.15, -0.1) is 11.8 Å². The van der Waals surface area contributed by atoms with E-state index in [2.05, 4.69) is 21.9 Å². The molecule has 0 aromatic carbocycles. The lowest BCUT2D eigenvalue weighted by Crippen LogP contribution is -2.29. The summed E-state index contributed by atoms with van der Waals surface area (Å²) in [6, 6.07) is 0. The number of aliphatic imine (C=N–C) groups is 3. The Morgan fingerprint density at radius 2 is 1.95 bits per heavy atom. The molecule has 2 unspecified atom stereocenters. The summed E-state index contributed by atoms with van der Waals surface area (Å²) in [4.78, 5) is 13.7. The molecule has 21 heavy (non-hydrogen) atoms. The van der Waals surface area contributed by atoms with Gasteiger partial charge in [0.2, 0.25) is 0 Å². The highest BCUT2D eigenvalue weighted by atomic mass is 32.2. The minimum atomic E-state index is 0.303. The third kappa shape index (κ3) is 4.56. The third-order valence-corrected chi connectivity index (χ3v) is 5.45. The second-order valence-electron chi connectivity index (χ2n) is 6.05. The molecular formula is C16H25N3OS. The van der Waals surface area contributed by atoms with Gasteiger partial charge in [-0.05, 0) is 32.6 Å². The second kappa shape index (κ2) is 7.43. The van der Waals surface area contributed by atoms with E-state index in [9.17, 15) is 0 Å². The van der Waals surface area contributed by atoms with Gasteiger partial charge in [0, 0.05) is 49.9 Å². The van der Waals surface area contributed by atoms with Crippen LogP contribution in [0.25, 0.3) is 0 Å². The highest BCUT2D eigenvalue weighted by molar-refractivity contribution is 8.14. The molecule has 0 saturated carbocycles. The first-order valence-corrected chi connectivity index (χ1v) is 9.07. The minimum absolute atomic E-state index is 0.303. The van der Waals surface area contributed by atoms with Crippen LogP contribution in [-0.4, -0.2) is 47.6 Å². The second-order valence-corrected chi connectivity index (χ2v) is 7.54. The molecule has 0 aromatic rings. The van der Waals surface area contributed by atoms with E-state index in [1.54, 1.807) is 0 Å². The van der Waals surface area contributed by atoms with Crippen LogP contribution < -0.4 is 0 Å². The zero-order valence-corrected chi connectivity index (χ0v) is 13.7. The molecule has 0 radical (unpaired) electrons. The standard InChI is InChI=1S/C16H25N3OS/c1-12-17-9-6-15(21-12)11-16-19-8-5-14(20-16)10-13-4-2-3-7-18-13/h14-15H,2-11H2,1H3. The fraction of sp³-hybridized carbons (Fsp3) is 0.812. The number of nitrogens with zero attached hydrogens (tertiary/aromatic N) is 3. The van der Waals surface area contributed by atoms with Gasteiger partial charge >= 0.3 is 0 Å². The highest BCUT2D eigenvalue weighted by Crippen LogP contribution is 2.26. The van der Waals surface area contributed by atoms with Crippen LogP contribution in [0.15, 0.2) is 15.0 Å². The van der Waals surface area contributed by atoms with Crippen molar-refractivity contribution >= 4 is 28.4 Å². The van der Waals surface area contributed by atoms with Crippen molar-refractivity contribution in [3.05, 3.63) is 0 Å². The van der Waals surface area contributed by atoms with Crippen molar-refractivity contribution in [1.29, 1.82) is 0 Å². The van der Waals surface area contributed by atoms with Crippen LogP contribution in [0.2, 0.25) is 0 Å². The minimum Gasteiger partial charge on any atom is -0.477 e. The van der Waals surface area contributed by atoms with Gasteiger partial charge in [0.25, 0.3) is 0 Å². The third-order valence-electron chi connectivity index (χ3n) is 4.24. The summed E-state index contributed by atoms with van der Waals surface area (Å²) in [5.74, 6) is 0.967. The topological polar surface area (TPSA) is 46.3 Å². The fourth-order valence-electron chi connectivity index (χ4n) is 3.11. The normalized spacial score (nSPS) is 30.0. The summed E-state index contributed by atoms with van der Waals surface area (Å²) in [5.41, 5.74) is 1.36. The lowest BCUT2D eigenvalue weighted by atomic mass is 10.0. The number of hydrogen-bond acceptors (Lipinski definition) is 5. The Balaban J connectivity index is 1.49. The number of rotatable bonds is 4. The van der Waals surface area contributed by atoms with Crippen LogP contribution in [0.3, 0.4) is 0 Å². The van der Waals surface area contributed by atoms with Crippen LogP contribution >= 0.6 is 11.8 Å². The lowest BCUT2D eigenvalue weighted by molar-refractivity contribution is 0.166. The van der Waals surface area contributed by atoms with E-state index < -0.39 is 0 Å². The molecular weight excluding hydrogens is 282 g/mol. The van der Waals surface area contributed by atoms with E-state index in [0.29, 0.717) is 11.4 Å². The monoisotopic (exact) mass is 307 g/mol. The molecule has 2 atom stereocenters. The van der Waals surface area contributed by atoms with Gasteiger partial charge in [0.15, 0.2) is 5.90 Å². The van der Waals surface area contributed by atoms with Crippen molar-refractivity contribution < 1.29 is 4.74 Å². The molecule has 0 aromatic heterocycles. The van der Waals surface area contributed by atoms with Crippen LogP contribution in [0, 0.1) is 0 Å². The number of hydrogen-bond donors (Lipinski definition) is 0. The Morgan fingerprint density at radius 3 is 2.76 bits per heavy atom. The van der Waals surface area contributed by atoms with Gasteiger partial charge in [-0.25, -0.2) is 0 Å². The molecule has 0 aliphatic carbocycles. The fourth-order valence-corrected chi connectivity index (χ4v) is 4.20. The predicted molar refractivity (Wildman–Crippen MR) is 91.2 cm³/mol. The zero-order chi connectivity index (χ0) is 14.5. The van der Waals surface area contributed by atoms with E-state index in [1.807, 2.05) is 11.8 Å². The summed E-state index contributed by atoms with van der Waals surface area (Å²) in [5, 5.41) is 1.79. The first kappa shape index (κ1) is 15.1. The number of thioether (sulfide) groups is 1. The Morgan fingerprint density at radius 1 is 1.05 bits per heavy atom. The molecule has 0 amide bonds. The van der Waals surface area contributed by atoms with Gasteiger partial charge in [0.1, 0.15) is 6.10 Å². The summed E-state index contributed by atoms with van der Waals surface area (Å²) in [6.45, 7) is 4.99. The maximum atomic E-state index is 6.14. The molecule has 0 fully saturated rings. The first-order chi connectivity index (χ1) is 10.3. The van der Waals surface area contributed by atoms with Gasteiger partial charge < -0.3 is 4.74 Å². The average molecular weight is 307 g/mol. The van der Waals surface area contributed by atoms with Crippen LogP contribution in [0.4, 0.5) is 0 Å². The number of ether oxygens (including phenoxy) is 1. The summed E-state index contributed by atoms with van der Waals surface area (Å²) in [6.07, 6.45) is 8.17. The molecule has 0 saturated heterocycles. The molecule has 4 nitrogen and oxygen atoms in total. The quantitative estimate of drug-likeness (QED) is 0.798. The van der Waals surface area contributed by atoms with E-state index in [1.165, 1.54) is 30.0 Å². The summed E-state index contributed by atoms with van der Waals surface area (Å²) in [7, 11) is 0. The van der Waals surface area contributed by atoms with Crippen molar-refractivity contribution in [2.45, 2.75) is 63.2 Å². The van der Waals surface area contributed by atoms with E-state index in [4.69, 9.17) is 4.74 Å². The van der Waals surface area contributed by atoms with Crippen molar-refractivity contribution in [2.24, 2.45) is 15.0 Å². The lowest BCUT2D eigenvalue weighted by Gasteiger charge is -2.27. The maximum absolute atomic E-state index is 6.14. The maximum Gasteiger partial charge on any atom is 0.184 e. The average Bonchev–Trinajstić information content (AvgIpc) is 2.49. The Bertz CT molecular complexity index is 458. The predicted octanol–water partition coefficient (Wildman–Crippen LogP) is 3.50. The van der Waals surface area contributed by atoms with Gasteiger partial charge in [-0.2, -0.15) is 0 Å². The molecule has 3 rings (SSSR count). The Hall–Kier alpha value is -0.840. The van der Waals surface area contributed by atoms with Crippen molar-refractivity contribution in [2.75, 3.05) is 19.6 Å². The zero-order valence-electron chi connectivity index (χ0n) is 12.9. The van der Waals surface area contributed by atoms with Gasteiger partial charge in [-0.1, -0.05) is 0 Å². The van der Waals surface area contributed by atoms with Crippen LogP contribution in [0.1, 0.15) is 51.9 Å². The van der Waals surface area contributed by atoms with Gasteiger partial charge in [0.05, 0.1) is 5.04 Å². The first-order valence-electron chi connectivity index (χ1n) is 8.19. The summed E-state index contributed by atoms with van der Waals surface area (Å²) >= 11 is 1.88. The van der Waals surface area contributed by atoms with Crippen LogP contribution in [0.5, 0.6) is 0 Å². The van der Waals surface area contributed by atoms with E-state index in [-0.39, 0.29) is 0 Å². The van der Waals surface area contributed by atoms with Gasteiger partial charge in [-0.3, -0.25) is 15.0 Å². The van der Waals surface area contributed by atoms with Crippen molar-refractivity contribution in [3.63, 3.8) is 0 Å². The summed E-state index contributed by atoms with van der Waals surface area (Å²) < 4.78 is 6.14. The molecule has 0 spiro atoms. The molecule has 3 aliphatic heterocycles. The van der Waals surface area contributed by atoms with Crippen LogP contribution in [-0.2, 0) is 4.74 Å².